The molecule has 0 spiro atoms. The van der Waals surface area contributed by atoms with Crippen molar-refractivity contribution < 1.29 is 4.39 Å². The van der Waals surface area contributed by atoms with E-state index in [2.05, 4.69) is 5.32 Å². The maximum Gasteiger partial charge on any atom is 0.295 e. The third kappa shape index (κ3) is 4.05. The molecule has 1 aromatic heterocycles. The standard InChI is InChI=1S/C21H20FN5OS/c1-15-19(20(28)27(25(15)2)16-9-4-3-5-10-16)24-21(29)26(14-8-13-23)18-12-7-6-11-17(18)22/h3-7,9-12H,8,14H2,1-2H3,(H,24,29). The SMILES string of the molecule is Cc1c(NC(=S)N(CCC#N)c2ccccc2F)c(=O)n(-c2ccccc2)n1C. The van der Waals surface area contributed by atoms with Crippen LogP contribution in [0.1, 0.15) is 12.1 Å². The molecule has 0 saturated carbocycles. The Hall–Kier alpha value is -3.44. The molecule has 0 radical (unpaired) electrons. The summed E-state index contributed by atoms with van der Waals surface area (Å²) in [5.74, 6) is -0.457. The van der Waals surface area contributed by atoms with Crippen molar-refractivity contribution in [3.63, 3.8) is 0 Å². The predicted octanol–water partition coefficient (Wildman–Crippen LogP) is 3.74. The first kappa shape index (κ1) is 20.3. The monoisotopic (exact) mass is 409 g/mol. The molecule has 0 saturated heterocycles. The average molecular weight is 409 g/mol. The summed E-state index contributed by atoms with van der Waals surface area (Å²) in [7, 11) is 1.78. The Bertz CT molecular complexity index is 1130. The molecule has 0 fully saturated rings. The zero-order valence-electron chi connectivity index (χ0n) is 16.1. The van der Waals surface area contributed by atoms with E-state index in [4.69, 9.17) is 17.5 Å². The Kier molecular flexibility index (Phi) is 6.10. The van der Waals surface area contributed by atoms with Crippen molar-refractivity contribution in [1.82, 2.24) is 9.36 Å². The van der Waals surface area contributed by atoms with Gasteiger partial charge in [-0.1, -0.05) is 30.3 Å². The normalized spacial score (nSPS) is 10.4. The largest absolute Gasteiger partial charge is 0.326 e. The van der Waals surface area contributed by atoms with Gasteiger partial charge in [-0.2, -0.15) is 5.26 Å². The van der Waals surface area contributed by atoms with Crippen LogP contribution >= 0.6 is 12.2 Å². The van der Waals surface area contributed by atoms with Gasteiger partial charge in [-0.15, -0.1) is 0 Å². The highest BCUT2D eigenvalue weighted by Crippen LogP contribution is 2.21. The molecule has 1 heterocycles. The molecule has 2 aromatic carbocycles. The van der Waals surface area contributed by atoms with Gasteiger partial charge in [-0.25, -0.2) is 9.07 Å². The van der Waals surface area contributed by atoms with Crippen molar-refractivity contribution in [3.8, 4) is 11.8 Å². The summed E-state index contributed by atoms with van der Waals surface area (Å²) in [4.78, 5) is 14.6. The Labute approximate surface area is 173 Å². The minimum Gasteiger partial charge on any atom is -0.326 e. The first-order chi connectivity index (χ1) is 14.0. The van der Waals surface area contributed by atoms with E-state index in [1.165, 1.54) is 15.6 Å². The van der Waals surface area contributed by atoms with Crippen LogP contribution in [-0.4, -0.2) is 21.0 Å². The van der Waals surface area contributed by atoms with E-state index in [1.807, 2.05) is 36.4 Å². The summed E-state index contributed by atoms with van der Waals surface area (Å²) in [5.41, 5.74) is 1.68. The van der Waals surface area contributed by atoms with Crippen molar-refractivity contribution >= 4 is 28.7 Å². The fraction of sp³-hybridized carbons (Fsp3) is 0.190. The molecule has 0 bridgehead atoms. The fourth-order valence-corrected chi connectivity index (χ4v) is 3.34. The molecule has 3 rings (SSSR count). The van der Waals surface area contributed by atoms with Crippen LogP contribution in [0.3, 0.4) is 0 Å². The lowest BCUT2D eigenvalue weighted by molar-refractivity contribution is 0.626. The maximum atomic E-state index is 14.3. The highest BCUT2D eigenvalue weighted by Gasteiger charge is 2.21. The average Bonchev–Trinajstić information content (AvgIpc) is 2.93. The van der Waals surface area contributed by atoms with Crippen LogP contribution in [0.15, 0.2) is 59.4 Å². The molecule has 0 atom stereocenters. The second kappa shape index (κ2) is 8.71. The van der Waals surface area contributed by atoms with Crippen LogP contribution in [0, 0.1) is 24.1 Å². The molecule has 0 aliphatic heterocycles. The minimum absolute atomic E-state index is 0.149. The second-order valence-corrected chi connectivity index (χ2v) is 6.76. The molecule has 6 nitrogen and oxygen atoms in total. The van der Waals surface area contributed by atoms with Crippen molar-refractivity contribution in [2.24, 2.45) is 7.05 Å². The summed E-state index contributed by atoms with van der Waals surface area (Å²) in [6.07, 6.45) is 0.151. The number of hydrogen-bond donors (Lipinski definition) is 1. The van der Waals surface area contributed by atoms with Crippen molar-refractivity contribution in [2.75, 3.05) is 16.8 Å². The number of nitrogens with zero attached hydrogens (tertiary/aromatic N) is 4. The molecule has 0 unspecified atom stereocenters. The number of hydrogen-bond acceptors (Lipinski definition) is 3. The molecular formula is C21H20FN5OS. The van der Waals surface area contributed by atoms with E-state index in [9.17, 15) is 9.18 Å². The molecule has 0 aliphatic carbocycles. The van der Waals surface area contributed by atoms with Crippen LogP contribution < -0.4 is 15.8 Å². The van der Waals surface area contributed by atoms with Gasteiger partial charge in [0.25, 0.3) is 5.56 Å². The minimum atomic E-state index is -0.457. The number of rotatable bonds is 5. The Morgan fingerprint density at radius 3 is 2.52 bits per heavy atom. The van der Waals surface area contributed by atoms with Crippen LogP contribution in [0.5, 0.6) is 0 Å². The molecule has 1 N–H and O–H groups in total. The summed E-state index contributed by atoms with van der Waals surface area (Å²) in [6.45, 7) is 2.00. The van der Waals surface area contributed by atoms with Gasteiger partial charge in [0, 0.05) is 13.6 Å². The molecular weight excluding hydrogens is 389 g/mol. The van der Waals surface area contributed by atoms with Crippen molar-refractivity contribution in [3.05, 3.63) is 76.5 Å². The van der Waals surface area contributed by atoms with Crippen LogP contribution in [0.25, 0.3) is 5.69 Å². The topological polar surface area (TPSA) is 66.0 Å². The van der Waals surface area contributed by atoms with Gasteiger partial charge in [0.2, 0.25) is 0 Å². The van der Waals surface area contributed by atoms with E-state index in [1.54, 1.807) is 36.9 Å². The lowest BCUT2D eigenvalue weighted by Gasteiger charge is -2.25. The Balaban J connectivity index is 1.98. The van der Waals surface area contributed by atoms with Gasteiger partial charge >= 0.3 is 0 Å². The number of nitriles is 1. The molecule has 0 aliphatic rings. The Morgan fingerprint density at radius 2 is 1.86 bits per heavy atom. The van der Waals surface area contributed by atoms with E-state index in [-0.39, 0.29) is 29.3 Å². The molecule has 148 valence electrons. The van der Waals surface area contributed by atoms with Gasteiger partial charge in [0.1, 0.15) is 11.5 Å². The smallest absolute Gasteiger partial charge is 0.295 e. The summed E-state index contributed by atoms with van der Waals surface area (Å²) in [6, 6.07) is 17.5. The lowest BCUT2D eigenvalue weighted by Crippen LogP contribution is -2.37. The highest BCUT2D eigenvalue weighted by molar-refractivity contribution is 7.80. The van der Waals surface area contributed by atoms with E-state index >= 15 is 0 Å². The summed E-state index contributed by atoms with van der Waals surface area (Å²) < 4.78 is 17.6. The third-order valence-corrected chi connectivity index (χ3v) is 4.94. The first-order valence-electron chi connectivity index (χ1n) is 8.99. The van der Waals surface area contributed by atoms with E-state index in [0.29, 0.717) is 11.4 Å². The third-order valence-electron chi connectivity index (χ3n) is 4.62. The number of aromatic nitrogens is 2. The zero-order valence-corrected chi connectivity index (χ0v) is 16.9. The van der Waals surface area contributed by atoms with Crippen LogP contribution in [0.4, 0.5) is 15.8 Å². The molecule has 29 heavy (non-hydrogen) atoms. The second-order valence-electron chi connectivity index (χ2n) is 6.38. The van der Waals surface area contributed by atoms with Gasteiger partial charge in [0.05, 0.1) is 29.6 Å². The first-order valence-corrected chi connectivity index (χ1v) is 9.40. The zero-order chi connectivity index (χ0) is 21.0. The predicted molar refractivity (Wildman–Crippen MR) is 116 cm³/mol. The number of anilines is 2. The molecule has 0 amide bonds. The number of nitrogens with one attached hydrogen (secondary N) is 1. The summed E-state index contributed by atoms with van der Waals surface area (Å²) in [5, 5.41) is 12.1. The maximum absolute atomic E-state index is 14.3. The van der Waals surface area contributed by atoms with Crippen molar-refractivity contribution in [2.45, 2.75) is 13.3 Å². The quantitative estimate of drug-likeness (QED) is 0.651. The molecule has 8 heteroatoms. The van der Waals surface area contributed by atoms with Gasteiger partial charge in [-0.05, 0) is 43.4 Å². The summed E-state index contributed by atoms with van der Waals surface area (Å²) >= 11 is 5.48. The highest BCUT2D eigenvalue weighted by atomic mass is 32.1. The number of benzene rings is 2. The van der Waals surface area contributed by atoms with Crippen LogP contribution in [-0.2, 0) is 7.05 Å². The Morgan fingerprint density at radius 1 is 1.21 bits per heavy atom. The fourth-order valence-electron chi connectivity index (χ4n) is 3.05. The van der Waals surface area contributed by atoms with Crippen molar-refractivity contribution in [1.29, 1.82) is 5.26 Å². The van der Waals surface area contributed by atoms with Crippen LogP contribution in [0.2, 0.25) is 0 Å². The number of halogens is 1. The lowest BCUT2D eigenvalue weighted by atomic mass is 10.2. The molecule has 3 aromatic rings. The van der Waals surface area contributed by atoms with E-state index in [0.717, 1.165) is 5.69 Å². The van der Waals surface area contributed by atoms with E-state index < -0.39 is 5.82 Å². The number of para-hydroxylation sites is 2. The van der Waals surface area contributed by atoms with Gasteiger partial charge < -0.3 is 10.2 Å². The van der Waals surface area contributed by atoms with Gasteiger partial charge in [0.15, 0.2) is 5.11 Å². The number of thiocarbonyl (C=S) groups is 1. The van der Waals surface area contributed by atoms with Gasteiger partial charge in [-0.3, -0.25) is 9.48 Å².